The van der Waals surface area contributed by atoms with Crippen LogP contribution in [-0.4, -0.2) is 11.9 Å². The summed E-state index contributed by atoms with van der Waals surface area (Å²) in [5, 5.41) is 17.9. The van der Waals surface area contributed by atoms with Crippen LogP contribution in [0.3, 0.4) is 0 Å². The number of rotatable bonds is 0. The van der Waals surface area contributed by atoms with Crippen molar-refractivity contribution in [3.8, 4) is 0 Å². The molecule has 8 heteroatoms. The normalized spacial score (nSPS) is 4.40. The molecular weight excluding hydrogens is 261 g/mol. The van der Waals surface area contributed by atoms with Gasteiger partial charge >= 0.3 is 171 Å². The van der Waals surface area contributed by atoms with Crippen molar-refractivity contribution in [3.63, 3.8) is 0 Å². The Bertz CT molecular complexity index is 84.5. The molecule has 0 atom stereocenters. The first-order valence-electron chi connectivity index (χ1n) is 1.07. The first-order chi connectivity index (χ1) is 2.64. The van der Waals surface area contributed by atoms with Crippen molar-refractivity contribution in [1.29, 1.82) is 0 Å². The van der Waals surface area contributed by atoms with E-state index in [1.165, 1.54) is 0 Å². The molecule has 0 rings (SSSR count). The molecule has 0 aliphatic rings. The van der Waals surface area contributed by atoms with Crippen LogP contribution in [0.5, 0.6) is 0 Å². The van der Waals surface area contributed by atoms with Crippen molar-refractivity contribution >= 4 is 11.9 Å². The summed E-state index contributed by atoms with van der Waals surface area (Å²) in [6, 6.07) is 0. The van der Waals surface area contributed by atoms with Gasteiger partial charge in [-0.25, -0.2) is 0 Å². The van der Waals surface area contributed by atoms with Gasteiger partial charge in [0.15, 0.2) is 0 Å². The SMILES string of the molecule is O=C([O-])C(=O)[O-].[Fe+2].[K+].[K+].[K+]. The molecule has 0 aromatic rings. The quantitative estimate of drug-likeness (QED) is 0.320. The van der Waals surface area contributed by atoms with Crippen LogP contribution in [-0.2, 0) is 26.7 Å². The molecule has 4 nitrogen and oxygen atoms in total. The molecule has 0 unspecified atom stereocenters. The number of hydrogen-bond acceptors (Lipinski definition) is 4. The first kappa shape index (κ1) is 29.3. The van der Waals surface area contributed by atoms with Crippen LogP contribution in [0.2, 0.25) is 0 Å². The van der Waals surface area contributed by atoms with Crippen LogP contribution in [0.15, 0.2) is 0 Å². The van der Waals surface area contributed by atoms with Crippen LogP contribution < -0.4 is 164 Å². The number of carboxylic acid groups (broad SMARTS) is 2. The molecule has 40 valence electrons. The average Bonchev–Trinajstić information content (AvgIpc) is 1.36. The van der Waals surface area contributed by atoms with E-state index >= 15 is 0 Å². The van der Waals surface area contributed by atoms with E-state index in [2.05, 4.69) is 0 Å². The van der Waals surface area contributed by atoms with Crippen molar-refractivity contribution in [3.05, 3.63) is 0 Å². The minimum absolute atomic E-state index is 0. The van der Waals surface area contributed by atoms with E-state index in [9.17, 15) is 0 Å². The van der Waals surface area contributed by atoms with Gasteiger partial charge in [0.25, 0.3) is 0 Å². The van der Waals surface area contributed by atoms with Crippen LogP contribution >= 0.6 is 0 Å². The standard InChI is InChI=1S/C2H2O4.Fe.3K/c3-1(4)2(5)6;;;;/h(H,3,4)(H,5,6);;;;/q;+2;3*+1/p-2. The van der Waals surface area contributed by atoms with E-state index in [-0.39, 0.29) is 171 Å². The van der Waals surface area contributed by atoms with Crippen molar-refractivity contribution in [2.45, 2.75) is 0 Å². The zero-order valence-corrected chi connectivity index (χ0v) is 16.5. The third kappa shape index (κ3) is 22.8. The van der Waals surface area contributed by atoms with Gasteiger partial charge in [-0.1, -0.05) is 0 Å². The maximum absolute atomic E-state index is 8.93. The van der Waals surface area contributed by atoms with Crippen molar-refractivity contribution < 1.29 is 191 Å². The number of hydrogen-bond donors (Lipinski definition) is 0. The Balaban J connectivity index is -0.0000000208. The van der Waals surface area contributed by atoms with E-state index in [1.54, 1.807) is 0 Å². The summed E-state index contributed by atoms with van der Waals surface area (Å²) in [5.74, 6) is -4.37. The van der Waals surface area contributed by atoms with Gasteiger partial charge in [-0.15, -0.1) is 0 Å². The van der Waals surface area contributed by atoms with Gasteiger partial charge in [0.05, 0.1) is 11.9 Å². The number of carbonyl (C=O) groups excluding carboxylic acids is 2. The molecule has 0 heterocycles. The topological polar surface area (TPSA) is 80.3 Å². The van der Waals surface area contributed by atoms with Gasteiger partial charge in [-0.05, 0) is 0 Å². The van der Waals surface area contributed by atoms with Gasteiger partial charge in [-0.2, -0.15) is 0 Å². The summed E-state index contributed by atoms with van der Waals surface area (Å²) in [6.45, 7) is 0. The van der Waals surface area contributed by atoms with E-state index < -0.39 is 11.9 Å². The molecule has 0 N–H and O–H groups in total. The molecule has 10 heavy (non-hydrogen) atoms. The van der Waals surface area contributed by atoms with E-state index in [1.807, 2.05) is 0 Å². The molecular formula is C2FeK3O4+3. The molecule has 0 saturated heterocycles. The average molecular weight is 261 g/mol. The number of aliphatic carboxylic acids is 2. The zero-order chi connectivity index (χ0) is 5.15. The van der Waals surface area contributed by atoms with Crippen molar-refractivity contribution in [1.82, 2.24) is 0 Å². The van der Waals surface area contributed by atoms with E-state index in [0.717, 1.165) is 0 Å². The molecule has 0 aliphatic heterocycles. The molecule has 0 amide bonds. The van der Waals surface area contributed by atoms with Gasteiger partial charge in [0.1, 0.15) is 0 Å². The minimum Gasteiger partial charge on any atom is -0.543 e. The van der Waals surface area contributed by atoms with E-state index in [4.69, 9.17) is 19.8 Å². The fourth-order valence-electron chi connectivity index (χ4n) is 0. The molecule has 0 aliphatic carbocycles. The maximum atomic E-state index is 8.93. The summed E-state index contributed by atoms with van der Waals surface area (Å²) in [5.41, 5.74) is 0. The molecule has 0 saturated carbocycles. The summed E-state index contributed by atoms with van der Waals surface area (Å²) < 4.78 is 0. The summed E-state index contributed by atoms with van der Waals surface area (Å²) in [6.07, 6.45) is 0. The summed E-state index contributed by atoms with van der Waals surface area (Å²) in [7, 11) is 0. The second-order valence-electron chi connectivity index (χ2n) is 0.575. The predicted octanol–water partition coefficient (Wildman–Crippen LogP) is -12.5. The monoisotopic (exact) mass is 261 g/mol. The van der Waals surface area contributed by atoms with Crippen LogP contribution in [0, 0.1) is 0 Å². The van der Waals surface area contributed by atoms with Gasteiger partial charge in [0, 0.05) is 0 Å². The molecule has 0 radical (unpaired) electrons. The largest absolute Gasteiger partial charge is 2.00 e. The molecule has 0 fully saturated rings. The summed E-state index contributed by atoms with van der Waals surface area (Å²) >= 11 is 0. The second-order valence-corrected chi connectivity index (χ2v) is 0.575. The first-order valence-corrected chi connectivity index (χ1v) is 1.07. The van der Waals surface area contributed by atoms with Crippen LogP contribution in [0.1, 0.15) is 0 Å². The molecule has 0 aromatic carbocycles. The Hall–Kier alpha value is 4.37. The smallest absolute Gasteiger partial charge is 0.543 e. The molecule has 0 aromatic heterocycles. The fraction of sp³-hybridized carbons (Fsp3) is 0. The van der Waals surface area contributed by atoms with Crippen LogP contribution in [0.25, 0.3) is 0 Å². The predicted molar refractivity (Wildman–Crippen MR) is 10.0 cm³/mol. The molecule has 0 spiro atoms. The van der Waals surface area contributed by atoms with Crippen molar-refractivity contribution in [2.75, 3.05) is 0 Å². The van der Waals surface area contributed by atoms with Crippen molar-refractivity contribution in [2.24, 2.45) is 0 Å². The second kappa shape index (κ2) is 19.0. The Morgan fingerprint density at radius 2 is 0.900 bits per heavy atom. The van der Waals surface area contributed by atoms with Gasteiger partial charge in [-0.3, -0.25) is 0 Å². The Kier molecular flexibility index (Phi) is 55.7. The fourth-order valence-corrected chi connectivity index (χ4v) is 0. The number of carbonyl (C=O) groups is 2. The Labute approximate surface area is 196 Å². The van der Waals surface area contributed by atoms with Crippen LogP contribution in [0.4, 0.5) is 0 Å². The molecule has 0 bridgehead atoms. The third-order valence-electron chi connectivity index (χ3n) is 0.167. The van der Waals surface area contributed by atoms with Gasteiger partial charge < -0.3 is 19.8 Å². The third-order valence-corrected chi connectivity index (χ3v) is 0.167. The summed E-state index contributed by atoms with van der Waals surface area (Å²) in [4.78, 5) is 17.9. The maximum Gasteiger partial charge on any atom is 2.00 e. The number of carboxylic acids is 2. The van der Waals surface area contributed by atoms with Gasteiger partial charge in [0.2, 0.25) is 0 Å². The van der Waals surface area contributed by atoms with E-state index in [0.29, 0.717) is 0 Å². The zero-order valence-electron chi connectivity index (χ0n) is 5.99. The minimum atomic E-state index is -2.19. The Morgan fingerprint density at radius 1 is 0.800 bits per heavy atom. The Morgan fingerprint density at radius 3 is 0.900 bits per heavy atom.